The van der Waals surface area contributed by atoms with Crippen LogP contribution in [0.4, 0.5) is 11.4 Å². The first kappa shape index (κ1) is 18.6. The van der Waals surface area contributed by atoms with E-state index in [1.807, 2.05) is 0 Å². The molecular weight excluding hydrogens is 340 g/mol. The molecule has 0 N–H and O–H groups in total. The highest BCUT2D eigenvalue weighted by atomic mass is 15.2. The zero-order valence-electron chi connectivity index (χ0n) is 17.9. The van der Waals surface area contributed by atoms with Crippen LogP contribution in [0.25, 0.3) is 0 Å². The number of likely N-dealkylation sites (N-methyl/N-ethyl adjacent to an activating group) is 2. The van der Waals surface area contributed by atoms with Gasteiger partial charge in [-0.2, -0.15) is 0 Å². The predicted molar refractivity (Wildman–Crippen MR) is 121 cm³/mol. The van der Waals surface area contributed by atoms with Gasteiger partial charge in [0.15, 0.2) is 0 Å². The molecule has 2 nitrogen and oxygen atoms in total. The van der Waals surface area contributed by atoms with Crippen LogP contribution in [0, 0.1) is 0 Å². The normalized spacial score (nSPS) is 21.9. The molecule has 0 atom stereocenters. The lowest BCUT2D eigenvalue weighted by atomic mass is 9.82. The average Bonchev–Trinajstić information content (AvgIpc) is 2.98. The van der Waals surface area contributed by atoms with Gasteiger partial charge in [0.25, 0.3) is 0 Å². The zero-order valence-corrected chi connectivity index (χ0v) is 17.9. The fourth-order valence-corrected chi connectivity index (χ4v) is 4.91. The number of nitrogens with zero attached hydrogens (tertiary/aromatic N) is 2. The summed E-state index contributed by atoms with van der Waals surface area (Å²) in [5.74, 6) is 0. The second-order valence-electron chi connectivity index (χ2n) is 9.04. The molecule has 0 saturated heterocycles. The molecule has 28 heavy (non-hydrogen) atoms. The summed E-state index contributed by atoms with van der Waals surface area (Å²) in [7, 11) is 4.31. The van der Waals surface area contributed by atoms with Crippen LogP contribution in [0.5, 0.6) is 0 Å². The van der Waals surface area contributed by atoms with Crippen LogP contribution in [-0.2, 0) is 10.8 Å². The molecular formula is C26H30N2. The Morgan fingerprint density at radius 2 is 1.07 bits per heavy atom. The largest absolute Gasteiger partial charge is 0.347 e. The van der Waals surface area contributed by atoms with E-state index in [2.05, 4.69) is 119 Å². The molecule has 0 amide bonds. The van der Waals surface area contributed by atoms with E-state index in [9.17, 15) is 0 Å². The third kappa shape index (κ3) is 2.55. The second kappa shape index (κ2) is 6.13. The topological polar surface area (TPSA) is 6.48 Å². The van der Waals surface area contributed by atoms with Crippen LogP contribution in [0.15, 0.2) is 84.2 Å². The molecule has 2 heterocycles. The highest BCUT2D eigenvalue weighted by molar-refractivity contribution is 5.72. The van der Waals surface area contributed by atoms with Crippen molar-refractivity contribution in [3.63, 3.8) is 0 Å². The first-order chi connectivity index (χ1) is 13.2. The maximum absolute atomic E-state index is 4.40. The lowest BCUT2D eigenvalue weighted by Gasteiger charge is -2.26. The number of fused-ring (bicyclic) bond motifs is 2. The fraction of sp³-hybridized carbons (Fsp3) is 0.308. The van der Waals surface area contributed by atoms with Gasteiger partial charge in [-0.3, -0.25) is 0 Å². The molecule has 0 aromatic heterocycles. The SMILES string of the molecule is C=C(/C=C1/N(C)c2ccccc2C1(C)C)/C=C1/N(C)c2ccccc2C1(C)C. The van der Waals surface area contributed by atoms with Gasteiger partial charge in [-0.15, -0.1) is 0 Å². The van der Waals surface area contributed by atoms with Gasteiger partial charge < -0.3 is 9.80 Å². The Morgan fingerprint density at radius 1 is 0.714 bits per heavy atom. The number of benzene rings is 2. The molecule has 2 aliphatic heterocycles. The zero-order chi connectivity index (χ0) is 20.3. The van der Waals surface area contributed by atoms with Crippen molar-refractivity contribution in [2.24, 2.45) is 0 Å². The number of anilines is 2. The van der Waals surface area contributed by atoms with E-state index in [-0.39, 0.29) is 10.8 Å². The summed E-state index contributed by atoms with van der Waals surface area (Å²) in [5.41, 5.74) is 8.84. The van der Waals surface area contributed by atoms with Crippen LogP contribution >= 0.6 is 0 Å². The molecule has 0 aliphatic carbocycles. The Labute approximate surface area is 169 Å². The lowest BCUT2D eigenvalue weighted by molar-refractivity contribution is 0.636. The van der Waals surface area contributed by atoms with E-state index < -0.39 is 0 Å². The van der Waals surface area contributed by atoms with Crippen LogP contribution in [0.2, 0.25) is 0 Å². The van der Waals surface area contributed by atoms with E-state index in [4.69, 9.17) is 0 Å². The number of hydrogen-bond donors (Lipinski definition) is 0. The van der Waals surface area contributed by atoms with Crippen LogP contribution in [0.3, 0.4) is 0 Å². The summed E-state index contributed by atoms with van der Waals surface area (Å²) in [6, 6.07) is 17.3. The minimum absolute atomic E-state index is 0.0349. The van der Waals surface area contributed by atoms with Gasteiger partial charge in [0, 0.05) is 47.7 Å². The monoisotopic (exact) mass is 370 g/mol. The van der Waals surface area contributed by atoms with E-state index in [0.29, 0.717) is 0 Å². The standard InChI is InChI=1S/C26H30N2/c1-18(16-23-25(2,3)19-12-8-10-14-21(19)27(23)6)17-24-26(4,5)20-13-9-11-15-22(20)28(24)7/h8-17H,1H2,2-7H3/b23-16+,24-17+. The summed E-state index contributed by atoms with van der Waals surface area (Å²) in [6.45, 7) is 13.6. The van der Waals surface area contributed by atoms with Crippen molar-refractivity contribution in [1.29, 1.82) is 0 Å². The van der Waals surface area contributed by atoms with Crippen molar-refractivity contribution in [2.75, 3.05) is 23.9 Å². The van der Waals surface area contributed by atoms with Gasteiger partial charge in [-0.05, 0) is 41.0 Å². The van der Waals surface area contributed by atoms with E-state index in [1.54, 1.807) is 0 Å². The summed E-state index contributed by atoms with van der Waals surface area (Å²) >= 11 is 0. The summed E-state index contributed by atoms with van der Waals surface area (Å²) < 4.78 is 0. The molecule has 0 radical (unpaired) electrons. The maximum Gasteiger partial charge on any atom is 0.0447 e. The number of allylic oxidation sites excluding steroid dienone is 5. The molecule has 2 heteroatoms. The highest BCUT2D eigenvalue weighted by Gasteiger charge is 2.39. The Hall–Kier alpha value is -2.74. The van der Waals surface area contributed by atoms with Crippen LogP contribution in [-0.4, -0.2) is 14.1 Å². The van der Waals surface area contributed by atoms with Gasteiger partial charge in [-0.1, -0.05) is 70.7 Å². The Morgan fingerprint density at radius 3 is 1.43 bits per heavy atom. The maximum atomic E-state index is 4.40. The molecule has 2 aliphatic rings. The summed E-state index contributed by atoms with van der Waals surface area (Å²) in [6.07, 6.45) is 4.50. The minimum atomic E-state index is -0.0349. The Bertz CT molecular complexity index is 939. The van der Waals surface area contributed by atoms with Gasteiger partial charge in [-0.25, -0.2) is 0 Å². The van der Waals surface area contributed by atoms with Crippen molar-refractivity contribution in [3.8, 4) is 0 Å². The molecule has 0 unspecified atom stereocenters. The molecule has 0 spiro atoms. The van der Waals surface area contributed by atoms with Gasteiger partial charge in [0.1, 0.15) is 0 Å². The highest BCUT2D eigenvalue weighted by Crippen LogP contribution is 2.48. The number of hydrogen-bond acceptors (Lipinski definition) is 2. The van der Waals surface area contributed by atoms with E-state index >= 15 is 0 Å². The quantitative estimate of drug-likeness (QED) is 0.624. The van der Waals surface area contributed by atoms with Crippen molar-refractivity contribution < 1.29 is 0 Å². The van der Waals surface area contributed by atoms with Crippen LogP contribution < -0.4 is 9.80 Å². The second-order valence-corrected chi connectivity index (χ2v) is 9.04. The molecule has 2 aromatic rings. The molecule has 0 fully saturated rings. The number of rotatable bonds is 2. The summed E-state index contributed by atoms with van der Waals surface area (Å²) in [4.78, 5) is 4.61. The van der Waals surface area contributed by atoms with Crippen molar-refractivity contribution >= 4 is 11.4 Å². The first-order valence-corrected chi connectivity index (χ1v) is 9.95. The third-order valence-electron chi connectivity index (χ3n) is 6.53. The average molecular weight is 371 g/mol. The molecule has 0 bridgehead atoms. The van der Waals surface area contributed by atoms with Gasteiger partial charge >= 0.3 is 0 Å². The van der Waals surface area contributed by atoms with Gasteiger partial charge in [0.05, 0.1) is 0 Å². The molecule has 0 saturated carbocycles. The predicted octanol–water partition coefficient (Wildman–Crippen LogP) is 6.17. The summed E-state index contributed by atoms with van der Waals surface area (Å²) in [5, 5.41) is 0. The van der Waals surface area contributed by atoms with Gasteiger partial charge in [0.2, 0.25) is 0 Å². The van der Waals surface area contributed by atoms with Crippen molar-refractivity contribution in [2.45, 2.75) is 38.5 Å². The fourth-order valence-electron chi connectivity index (χ4n) is 4.91. The van der Waals surface area contributed by atoms with Crippen molar-refractivity contribution in [1.82, 2.24) is 0 Å². The molecule has 2 aromatic carbocycles. The Kier molecular flexibility index (Phi) is 4.08. The third-order valence-corrected chi connectivity index (χ3v) is 6.53. The molecule has 4 rings (SSSR count). The van der Waals surface area contributed by atoms with Crippen LogP contribution in [0.1, 0.15) is 38.8 Å². The van der Waals surface area contributed by atoms with Crippen molar-refractivity contribution in [3.05, 3.63) is 95.4 Å². The van der Waals surface area contributed by atoms with E-state index in [1.165, 1.54) is 33.9 Å². The van der Waals surface area contributed by atoms with E-state index in [0.717, 1.165) is 5.57 Å². The first-order valence-electron chi connectivity index (χ1n) is 9.95. The number of para-hydroxylation sites is 2. The molecule has 144 valence electrons. The smallest absolute Gasteiger partial charge is 0.0447 e. The Balaban J connectivity index is 1.72. The lowest BCUT2D eigenvalue weighted by Crippen LogP contribution is -2.24. The minimum Gasteiger partial charge on any atom is -0.347 e.